The molecule has 8 heteroatoms. The van der Waals surface area contributed by atoms with E-state index in [2.05, 4.69) is 44.9 Å². The van der Waals surface area contributed by atoms with Crippen molar-refractivity contribution >= 4 is 29.9 Å². The molecule has 7 nitrogen and oxygen atoms in total. The summed E-state index contributed by atoms with van der Waals surface area (Å²) in [5.74, 6) is 2.49. The van der Waals surface area contributed by atoms with Gasteiger partial charge in [0, 0.05) is 19.2 Å². The number of hydrogen-bond donors (Lipinski definition) is 2. The predicted molar refractivity (Wildman–Crippen MR) is 110 cm³/mol. The van der Waals surface area contributed by atoms with Gasteiger partial charge in [0.05, 0.1) is 19.7 Å². The molecule has 2 N–H and O–H groups in total. The predicted octanol–water partition coefficient (Wildman–Crippen LogP) is 2.40. The summed E-state index contributed by atoms with van der Waals surface area (Å²) in [4.78, 5) is 4.64. The summed E-state index contributed by atoms with van der Waals surface area (Å²) in [7, 11) is 1.92. The Bertz CT molecular complexity index is 686. The molecule has 2 aromatic rings. The lowest BCUT2D eigenvalue weighted by atomic mass is 10.1. The average molecular weight is 458 g/mol. The molecule has 0 atom stereocenters. The topological polar surface area (TPSA) is 76.4 Å². The van der Waals surface area contributed by atoms with Crippen LogP contribution in [0.5, 0.6) is 5.75 Å². The van der Waals surface area contributed by atoms with Crippen molar-refractivity contribution in [3.05, 3.63) is 41.5 Å². The number of guanidine groups is 1. The van der Waals surface area contributed by atoms with Crippen LogP contribution in [0.15, 0.2) is 29.5 Å². The van der Waals surface area contributed by atoms with E-state index in [0.29, 0.717) is 19.7 Å². The van der Waals surface area contributed by atoms with E-state index >= 15 is 0 Å². The number of aryl methyl sites for hydroxylation is 2. The van der Waals surface area contributed by atoms with Crippen molar-refractivity contribution in [2.24, 2.45) is 12.0 Å². The Balaban J connectivity index is 0.00000312. The van der Waals surface area contributed by atoms with Gasteiger partial charge in [-0.25, -0.2) is 4.99 Å². The van der Waals surface area contributed by atoms with Crippen LogP contribution in [0.2, 0.25) is 0 Å². The van der Waals surface area contributed by atoms with Gasteiger partial charge in [-0.2, -0.15) is 0 Å². The Labute approximate surface area is 166 Å². The molecular formula is C17H27IN6O. The zero-order chi connectivity index (χ0) is 17.4. The van der Waals surface area contributed by atoms with Gasteiger partial charge in [-0.15, -0.1) is 34.2 Å². The second-order valence-corrected chi connectivity index (χ2v) is 5.45. The Morgan fingerprint density at radius 3 is 2.72 bits per heavy atom. The van der Waals surface area contributed by atoms with Gasteiger partial charge < -0.3 is 19.9 Å². The second-order valence-electron chi connectivity index (χ2n) is 5.45. The molecular weight excluding hydrogens is 431 g/mol. The van der Waals surface area contributed by atoms with E-state index in [1.807, 2.05) is 31.5 Å². The maximum atomic E-state index is 5.71. The quantitative estimate of drug-likeness (QED) is 0.379. The molecule has 1 aromatic heterocycles. The molecule has 0 bridgehead atoms. The van der Waals surface area contributed by atoms with Crippen molar-refractivity contribution in [3.8, 4) is 5.75 Å². The minimum Gasteiger partial charge on any atom is -0.494 e. The summed E-state index contributed by atoms with van der Waals surface area (Å²) in [5.41, 5.74) is 2.25. The van der Waals surface area contributed by atoms with Crippen LogP contribution in [0.3, 0.4) is 0 Å². The third-order valence-corrected chi connectivity index (χ3v) is 3.49. The van der Waals surface area contributed by atoms with Gasteiger partial charge in [-0.1, -0.05) is 12.1 Å². The number of nitrogens with zero attached hydrogens (tertiary/aromatic N) is 4. The van der Waals surface area contributed by atoms with Crippen LogP contribution in [-0.4, -0.2) is 33.9 Å². The highest BCUT2D eigenvalue weighted by Crippen LogP contribution is 2.21. The first-order valence-electron chi connectivity index (χ1n) is 8.21. The lowest BCUT2D eigenvalue weighted by Crippen LogP contribution is -2.37. The van der Waals surface area contributed by atoms with Crippen molar-refractivity contribution in [2.75, 3.05) is 13.2 Å². The molecule has 0 saturated carbocycles. The van der Waals surface area contributed by atoms with Crippen LogP contribution in [-0.2, 0) is 20.1 Å². The third kappa shape index (κ3) is 6.52. The fraction of sp³-hybridized carbons (Fsp3) is 0.471. The smallest absolute Gasteiger partial charge is 0.191 e. The monoisotopic (exact) mass is 458 g/mol. The minimum absolute atomic E-state index is 0. The highest BCUT2D eigenvalue weighted by molar-refractivity contribution is 14.0. The molecule has 0 aliphatic carbocycles. The summed E-state index contributed by atoms with van der Waals surface area (Å²) in [6.07, 6.45) is 1.68. The van der Waals surface area contributed by atoms with E-state index in [1.54, 1.807) is 6.33 Å². The fourth-order valence-corrected chi connectivity index (χ4v) is 2.22. The first kappa shape index (κ1) is 21.2. The molecule has 0 fully saturated rings. The zero-order valence-electron chi connectivity index (χ0n) is 15.2. The van der Waals surface area contributed by atoms with Gasteiger partial charge in [-0.3, -0.25) is 0 Å². The van der Waals surface area contributed by atoms with Crippen LogP contribution in [0.4, 0.5) is 0 Å². The summed E-state index contributed by atoms with van der Waals surface area (Å²) in [5, 5.41) is 14.4. The number of rotatable bonds is 7. The van der Waals surface area contributed by atoms with Gasteiger partial charge in [0.1, 0.15) is 12.1 Å². The van der Waals surface area contributed by atoms with Crippen LogP contribution < -0.4 is 15.4 Å². The molecule has 25 heavy (non-hydrogen) atoms. The number of nitrogens with one attached hydrogen (secondary N) is 2. The van der Waals surface area contributed by atoms with Crippen LogP contribution in [0.1, 0.15) is 30.8 Å². The standard InChI is InChI=1S/C17H26N6O.HI/c1-5-18-17(20-11-16-22-21-12-23(16)4)19-10-14-8-7-13(3)9-15(14)24-6-2;/h7-9,12H,5-6,10-11H2,1-4H3,(H2,18,19,20);1H. The lowest BCUT2D eigenvalue weighted by Gasteiger charge is -2.13. The maximum absolute atomic E-state index is 5.71. The van der Waals surface area contributed by atoms with Crippen molar-refractivity contribution in [2.45, 2.75) is 33.9 Å². The third-order valence-electron chi connectivity index (χ3n) is 3.49. The summed E-state index contributed by atoms with van der Waals surface area (Å²) in [6, 6.07) is 6.19. The van der Waals surface area contributed by atoms with Gasteiger partial charge in [-0.05, 0) is 32.4 Å². The van der Waals surface area contributed by atoms with Gasteiger partial charge in [0.15, 0.2) is 11.8 Å². The Morgan fingerprint density at radius 1 is 1.28 bits per heavy atom. The molecule has 0 aliphatic heterocycles. The zero-order valence-corrected chi connectivity index (χ0v) is 17.6. The van der Waals surface area contributed by atoms with Crippen molar-refractivity contribution in [1.29, 1.82) is 0 Å². The average Bonchev–Trinajstić information content (AvgIpc) is 2.97. The van der Waals surface area contributed by atoms with Crippen LogP contribution in [0, 0.1) is 6.92 Å². The number of benzene rings is 1. The number of aliphatic imine (C=N–C) groups is 1. The number of halogens is 1. The van der Waals surface area contributed by atoms with E-state index in [0.717, 1.165) is 29.6 Å². The largest absolute Gasteiger partial charge is 0.494 e. The first-order chi connectivity index (χ1) is 11.6. The molecule has 0 radical (unpaired) electrons. The molecule has 0 unspecified atom stereocenters. The van der Waals surface area contributed by atoms with E-state index in [9.17, 15) is 0 Å². The molecule has 0 aliphatic rings. The highest BCUT2D eigenvalue weighted by atomic mass is 127. The van der Waals surface area contributed by atoms with E-state index < -0.39 is 0 Å². The molecule has 1 heterocycles. The molecule has 1 aromatic carbocycles. The second kappa shape index (κ2) is 10.9. The van der Waals surface area contributed by atoms with Crippen molar-refractivity contribution in [1.82, 2.24) is 25.4 Å². The fourth-order valence-electron chi connectivity index (χ4n) is 2.22. The molecule has 0 spiro atoms. The van der Waals surface area contributed by atoms with E-state index in [-0.39, 0.29) is 24.0 Å². The van der Waals surface area contributed by atoms with Crippen LogP contribution >= 0.6 is 24.0 Å². The summed E-state index contributed by atoms with van der Waals surface area (Å²) in [6.45, 7) is 8.63. The first-order valence-corrected chi connectivity index (χ1v) is 8.21. The Morgan fingerprint density at radius 2 is 2.08 bits per heavy atom. The number of ether oxygens (including phenoxy) is 1. The lowest BCUT2D eigenvalue weighted by molar-refractivity contribution is 0.336. The highest BCUT2D eigenvalue weighted by Gasteiger charge is 2.06. The summed E-state index contributed by atoms with van der Waals surface area (Å²) >= 11 is 0. The van der Waals surface area contributed by atoms with Gasteiger partial charge >= 0.3 is 0 Å². The van der Waals surface area contributed by atoms with Crippen LogP contribution in [0.25, 0.3) is 0 Å². The van der Waals surface area contributed by atoms with Crippen molar-refractivity contribution < 1.29 is 4.74 Å². The molecule has 0 saturated heterocycles. The SMILES string of the molecule is CCNC(=NCc1ccc(C)cc1OCC)NCc1nncn1C.I. The minimum atomic E-state index is 0. The van der Waals surface area contributed by atoms with Crippen molar-refractivity contribution in [3.63, 3.8) is 0 Å². The molecule has 138 valence electrons. The Kier molecular flexibility index (Phi) is 9.25. The maximum Gasteiger partial charge on any atom is 0.191 e. The van der Waals surface area contributed by atoms with E-state index in [4.69, 9.17) is 4.74 Å². The molecule has 2 rings (SSSR count). The normalized spacial score (nSPS) is 11.0. The van der Waals surface area contributed by atoms with Gasteiger partial charge in [0.25, 0.3) is 0 Å². The van der Waals surface area contributed by atoms with E-state index in [1.165, 1.54) is 5.56 Å². The Hall–Kier alpha value is -1.84. The summed E-state index contributed by atoms with van der Waals surface area (Å²) < 4.78 is 7.59. The molecule has 0 amide bonds. The number of aromatic nitrogens is 3. The number of hydrogen-bond acceptors (Lipinski definition) is 4. The van der Waals surface area contributed by atoms with Gasteiger partial charge in [0.2, 0.25) is 0 Å².